The van der Waals surface area contributed by atoms with Crippen LogP contribution in [-0.4, -0.2) is 19.0 Å². The van der Waals surface area contributed by atoms with Crippen LogP contribution in [0.25, 0.3) is 0 Å². The van der Waals surface area contributed by atoms with Crippen LogP contribution in [0.3, 0.4) is 0 Å². The smallest absolute Gasteiger partial charge is 0.340 e. The number of ether oxygens (including phenoxy) is 1. The van der Waals surface area contributed by atoms with Gasteiger partial charge in [0.1, 0.15) is 5.00 Å². The van der Waals surface area contributed by atoms with Crippen molar-refractivity contribution in [3.63, 3.8) is 0 Å². The van der Waals surface area contributed by atoms with Crippen LogP contribution in [-0.2, 0) is 17.6 Å². The van der Waals surface area contributed by atoms with E-state index in [2.05, 4.69) is 5.32 Å². The summed E-state index contributed by atoms with van der Waals surface area (Å²) in [5.41, 5.74) is 1.72. The molecule has 0 spiro atoms. The lowest BCUT2D eigenvalue weighted by Crippen LogP contribution is -2.12. The first-order valence-corrected chi connectivity index (χ1v) is 8.83. The van der Waals surface area contributed by atoms with E-state index in [0.717, 1.165) is 17.7 Å². The third-order valence-corrected chi connectivity index (χ3v) is 5.91. The van der Waals surface area contributed by atoms with Crippen LogP contribution in [0.15, 0.2) is 12.1 Å². The van der Waals surface area contributed by atoms with Crippen LogP contribution in [0.5, 0.6) is 0 Å². The molecule has 2 aromatic heterocycles. The Balaban J connectivity index is 1.82. The van der Waals surface area contributed by atoms with Crippen LogP contribution < -0.4 is 5.32 Å². The zero-order valence-electron chi connectivity index (χ0n) is 12.5. The Labute approximate surface area is 137 Å². The number of carbonyl (C=O) groups excluding carboxylic acids is 2. The van der Waals surface area contributed by atoms with Crippen molar-refractivity contribution in [2.45, 2.75) is 32.6 Å². The van der Waals surface area contributed by atoms with Gasteiger partial charge in [0, 0.05) is 9.75 Å². The average Bonchev–Trinajstić information content (AvgIpc) is 3.09. The molecule has 2 heterocycles. The molecular weight excluding hydrogens is 318 g/mol. The lowest BCUT2D eigenvalue weighted by molar-refractivity contribution is 0.0602. The molecule has 4 nitrogen and oxygen atoms in total. The Hall–Kier alpha value is -1.66. The zero-order chi connectivity index (χ0) is 15.7. The van der Waals surface area contributed by atoms with Gasteiger partial charge in [-0.15, -0.1) is 22.7 Å². The normalized spacial score (nSPS) is 13.5. The minimum Gasteiger partial charge on any atom is -0.465 e. The van der Waals surface area contributed by atoms with E-state index in [1.165, 1.54) is 41.7 Å². The van der Waals surface area contributed by atoms with Crippen molar-refractivity contribution in [1.29, 1.82) is 0 Å². The Morgan fingerprint density at radius 1 is 1.18 bits per heavy atom. The molecule has 0 saturated heterocycles. The molecule has 3 rings (SSSR count). The second kappa shape index (κ2) is 6.22. The highest BCUT2D eigenvalue weighted by Crippen LogP contribution is 2.32. The third-order valence-electron chi connectivity index (χ3n) is 3.71. The van der Waals surface area contributed by atoms with Gasteiger partial charge >= 0.3 is 5.97 Å². The van der Waals surface area contributed by atoms with Crippen molar-refractivity contribution in [3.8, 4) is 0 Å². The summed E-state index contributed by atoms with van der Waals surface area (Å²) in [4.78, 5) is 27.2. The summed E-state index contributed by atoms with van der Waals surface area (Å²) in [5.74, 6) is -0.573. The van der Waals surface area contributed by atoms with E-state index in [9.17, 15) is 9.59 Å². The Kier molecular flexibility index (Phi) is 4.31. The van der Waals surface area contributed by atoms with E-state index >= 15 is 0 Å². The van der Waals surface area contributed by atoms with Gasteiger partial charge in [0.05, 0.1) is 17.6 Å². The first-order valence-electron chi connectivity index (χ1n) is 7.20. The van der Waals surface area contributed by atoms with Gasteiger partial charge in [-0.1, -0.05) is 0 Å². The minimum absolute atomic E-state index is 0.147. The zero-order valence-corrected chi connectivity index (χ0v) is 14.2. The van der Waals surface area contributed by atoms with Crippen LogP contribution in [0.1, 0.15) is 48.2 Å². The Bertz CT molecular complexity index is 706. The fourth-order valence-corrected chi connectivity index (χ4v) is 4.68. The predicted octanol–water partition coefficient (Wildman–Crippen LogP) is 4.04. The van der Waals surface area contributed by atoms with Crippen molar-refractivity contribution in [1.82, 2.24) is 0 Å². The van der Waals surface area contributed by atoms with Crippen molar-refractivity contribution in [2.24, 2.45) is 0 Å². The molecule has 1 aliphatic carbocycles. The molecule has 1 N–H and O–H groups in total. The molecule has 1 amide bonds. The molecule has 2 aromatic rings. The number of nitrogens with one attached hydrogen (secondary N) is 1. The molecule has 0 unspecified atom stereocenters. The van der Waals surface area contributed by atoms with Gasteiger partial charge < -0.3 is 10.1 Å². The van der Waals surface area contributed by atoms with Gasteiger partial charge in [0.25, 0.3) is 5.91 Å². The summed E-state index contributed by atoms with van der Waals surface area (Å²) in [5, 5.41) is 3.42. The lowest BCUT2D eigenvalue weighted by Gasteiger charge is -2.08. The first kappa shape index (κ1) is 15.2. The molecule has 0 aromatic carbocycles. The van der Waals surface area contributed by atoms with Crippen molar-refractivity contribution in [3.05, 3.63) is 37.9 Å². The highest BCUT2D eigenvalue weighted by molar-refractivity contribution is 7.17. The molecule has 6 heteroatoms. The third kappa shape index (κ3) is 2.94. The number of rotatable bonds is 3. The monoisotopic (exact) mass is 335 g/mol. The molecule has 116 valence electrons. The predicted molar refractivity (Wildman–Crippen MR) is 89.3 cm³/mol. The van der Waals surface area contributed by atoms with Gasteiger partial charge in [0.2, 0.25) is 0 Å². The molecule has 0 fully saturated rings. The summed E-state index contributed by atoms with van der Waals surface area (Å²) >= 11 is 2.95. The molecule has 0 saturated carbocycles. The summed E-state index contributed by atoms with van der Waals surface area (Å²) in [7, 11) is 1.34. The Morgan fingerprint density at radius 2 is 1.95 bits per heavy atom. The number of amides is 1. The van der Waals surface area contributed by atoms with E-state index in [-0.39, 0.29) is 5.91 Å². The quantitative estimate of drug-likeness (QED) is 0.862. The number of thiophene rings is 2. The van der Waals surface area contributed by atoms with Gasteiger partial charge in [0.15, 0.2) is 0 Å². The largest absolute Gasteiger partial charge is 0.465 e. The first-order chi connectivity index (χ1) is 10.6. The molecule has 0 bridgehead atoms. The van der Waals surface area contributed by atoms with Gasteiger partial charge in [-0.25, -0.2) is 4.79 Å². The number of hydrogen-bond donors (Lipinski definition) is 1. The van der Waals surface area contributed by atoms with Crippen LogP contribution >= 0.6 is 22.7 Å². The van der Waals surface area contributed by atoms with E-state index in [1.54, 1.807) is 17.4 Å². The standard InChI is InChI=1S/C16H17NO3S2/c1-9-7-11(16(19)20-2)15(21-9)17-14(18)13-8-10-5-3-4-6-12(10)22-13/h7-8H,3-6H2,1-2H3,(H,17,18). The molecule has 0 aliphatic heterocycles. The number of esters is 1. The second-order valence-electron chi connectivity index (χ2n) is 5.31. The van der Waals surface area contributed by atoms with Crippen molar-refractivity contribution in [2.75, 3.05) is 12.4 Å². The van der Waals surface area contributed by atoms with Crippen molar-refractivity contribution >= 4 is 39.6 Å². The highest BCUT2D eigenvalue weighted by atomic mass is 32.1. The maximum absolute atomic E-state index is 12.5. The molecule has 1 aliphatic rings. The maximum atomic E-state index is 12.5. The summed E-state index contributed by atoms with van der Waals surface area (Å²) in [6, 6.07) is 3.73. The van der Waals surface area contributed by atoms with Gasteiger partial charge in [-0.05, 0) is 50.3 Å². The maximum Gasteiger partial charge on any atom is 0.340 e. The van der Waals surface area contributed by atoms with Crippen molar-refractivity contribution < 1.29 is 14.3 Å². The Morgan fingerprint density at radius 3 is 2.68 bits per heavy atom. The van der Waals surface area contributed by atoms with E-state index < -0.39 is 5.97 Å². The highest BCUT2D eigenvalue weighted by Gasteiger charge is 2.21. The summed E-state index contributed by atoms with van der Waals surface area (Å²) in [6.07, 6.45) is 4.52. The fraction of sp³-hybridized carbons (Fsp3) is 0.375. The lowest BCUT2D eigenvalue weighted by atomic mass is 9.99. The van der Waals surface area contributed by atoms with Crippen LogP contribution in [0, 0.1) is 6.92 Å². The number of anilines is 1. The van der Waals surface area contributed by atoms with Crippen LogP contribution in [0.4, 0.5) is 5.00 Å². The number of hydrogen-bond acceptors (Lipinski definition) is 5. The SMILES string of the molecule is COC(=O)c1cc(C)sc1NC(=O)c1cc2c(s1)CCCC2. The summed E-state index contributed by atoms with van der Waals surface area (Å²) < 4.78 is 4.76. The number of carbonyl (C=O) groups is 2. The van der Waals surface area contributed by atoms with E-state index in [4.69, 9.17) is 4.74 Å². The number of aryl methyl sites for hydroxylation is 3. The van der Waals surface area contributed by atoms with Gasteiger partial charge in [-0.2, -0.15) is 0 Å². The number of fused-ring (bicyclic) bond motifs is 1. The number of methoxy groups -OCH3 is 1. The second-order valence-corrected chi connectivity index (χ2v) is 7.70. The average molecular weight is 335 g/mol. The topological polar surface area (TPSA) is 55.4 Å². The fourth-order valence-electron chi connectivity index (χ4n) is 2.64. The minimum atomic E-state index is -0.426. The molecular formula is C16H17NO3S2. The summed E-state index contributed by atoms with van der Waals surface area (Å²) in [6.45, 7) is 1.90. The van der Waals surface area contributed by atoms with E-state index in [0.29, 0.717) is 15.4 Å². The van der Waals surface area contributed by atoms with Crippen LogP contribution in [0.2, 0.25) is 0 Å². The molecule has 0 radical (unpaired) electrons. The molecule has 0 atom stereocenters. The van der Waals surface area contributed by atoms with E-state index in [1.807, 2.05) is 13.0 Å². The molecule has 22 heavy (non-hydrogen) atoms. The van der Waals surface area contributed by atoms with Gasteiger partial charge in [-0.3, -0.25) is 4.79 Å².